The molecule has 1 atom stereocenters. The van der Waals surface area contributed by atoms with Gasteiger partial charge in [0, 0.05) is 13.1 Å². The van der Waals surface area contributed by atoms with E-state index in [1.807, 2.05) is 6.92 Å². The normalized spacial score (nSPS) is 13.0. The minimum absolute atomic E-state index is 0. The SMILES string of the molecule is CCNC(=NCC(C)C)NCC(O)c1ccco1.I. The summed E-state index contributed by atoms with van der Waals surface area (Å²) < 4.78 is 5.14. The average molecular weight is 381 g/mol. The summed E-state index contributed by atoms with van der Waals surface area (Å²) in [5.74, 6) is 1.79. The van der Waals surface area contributed by atoms with Crippen LogP contribution in [0.5, 0.6) is 0 Å². The molecule has 1 aromatic rings. The van der Waals surface area contributed by atoms with E-state index in [-0.39, 0.29) is 24.0 Å². The lowest BCUT2D eigenvalue weighted by molar-refractivity contribution is 0.153. The zero-order valence-electron chi connectivity index (χ0n) is 11.7. The molecule has 0 aliphatic rings. The van der Waals surface area contributed by atoms with Crippen LogP contribution < -0.4 is 10.6 Å². The summed E-state index contributed by atoms with van der Waals surface area (Å²) in [4.78, 5) is 4.42. The Labute approximate surface area is 131 Å². The third-order valence-electron chi connectivity index (χ3n) is 2.29. The van der Waals surface area contributed by atoms with Crippen LogP contribution in [0.15, 0.2) is 27.8 Å². The molecule has 1 rings (SSSR count). The Morgan fingerprint density at radius 3 is 2.68 bits per heavy atom. The lowest BCUT2D eigenvalue weighted by Crippen LogP contribution is -2.39. The fraction of sp³-hybridized carbons (Fsp3) is 0.615. The Bertz CT molecular complexity index is 353. The van der Waals surface area contributed by atoms with Crippen LogP contribution in [0.1, 0.15) is 32.6 Å². The van der Waals surface area contributed by atoms with Crippen molar-refractivity contribution >= 4 is 29.9 Å². The van der Waals surface area contributed by atoms with Crippen molar-refractivity contribution in [1.29, 1.82) is 0 Å². The zero-order valence-corrected chi connectivity index (χ0v) is 14.0. The first-order valence-corrected chi connectivity index (χ1v) is 6.37. The Kier molecular flexibility index (Phi) is 9.68. The third kappa shape index (κ3) is 7.41. The maximum Gasteiger partial charge on any atom is 0.191 e. The highest BCUT2D eigenvalue weighted by molar-refractivity contribution is 14.0. The number of aliphatic hydroxyl groups excluding tert-OH is 1. The number of aliphatic hydroxyl groups is 1. The zero-order chi connectivity index (χ0) is 13.4. The molecule has 0 amide bonds. The lowest BCUT2D eigenvalue weighted by Gasteiger charge is -2.14. The van der Waals surface area contributed by atoms with Gasteiger partial charge < -0.3 is 20.2 Å². The molecule has 3 N–H and O–H groups in total. The molecule has 0 aliphatic carbocycles. The smallest absolute Gasteiger partial charge is 0.191 e. The van der Waals surface area contributed by atoms with Crippen LogP contribution in [-0.4, -0.2) is 30.7 Å². The molecule has 0 fully saturated rings. The molecule has 0 spiro atoms. The molecule has 0 radical (unpaired) electrons. The van der Waals surface area contributed by atoms with Gasteiger partial charge in [0.05, 0.1) is 12.8 Å². The molecular formula is C13H24IN3O2. The van der Waals surface area contributed by atoms with Crippen LogP contribution in [0.25, 0.3) is 0 Å². The van der Waals surface area contributed by atoms with Crippen molar-refractivity contribution < 1.29 is 9.52 Å². The molecule has 0 saturated heterocycles. The molecule has 0 saturated carbocycles. The number of rotatable bonds is 6. The van der Waals surface area contributed by atoms with Crippen LogP contribution in [0.2, 0.25) is 0 Å². The van der Waals surface area contributed by atoms with E-state index in [0.29, 0.717) is 18.2 Å². The van der Waals surface area contributed by atoms with Crippen molar-refractivity contribution in [3.8, 4) is 0 Å². The quantitative estimate of drug-likeness (QED) is 0.401. The fourth-order valence-corrected chi connectivity index (χ4v) is 1.39. The first kappa shape index (κ1) is 18.2. The number of halogens is 1. The molecule has 1 aromatic heterocycles. The van der Waals surface area contributed by atoms with E-state index in [2.05, 4.69) is 29.5 Å². The molecule has 19 heavy (non-hydrogen) atoms. The Hall–Kier alpha value is -0.760. The van der Waals surface area contributed by atoms with Gasteiger partial charge in [-0.05, 0) is 25.0 Å². The Morgan fingerprint density at radius 2 is 2.16 bits per heavy atom. The van der Waals surface area contributed by atoms with E-state index in [1.54, 1.807) is 18.4 Å². The first-order valence-electron chi connectivity index (χ1n) is 6.37. The number of hydrogen-bond acceptors (Lipinski definition) is 3. The topological polar surface area (TPSA) is 69.8 Å². The van der Waals surface area contributed by atoms with Crippen molar-refractivity contribution in [3.05, 3.63) is 24.2 Å². The predicted molar refractivity (Wildman–Crippen MR) is 87.9 cm³/mol. The molecule has 6 heteroatoms. The molecule has 0 bridgehead atoms. The van der Waals surface area contributed by atoms with Gasteiger partial charge in [-0.25, -0.2) is 0 Å². The van der Waals surface area contributed by atoms with Crippen LogP contribution in [0.4, 0.5) is 0 Å². The van der Waals surface area contributed by atoms with Crippen LogP contribution in [0, 0.1) is 5.92 Å². The molecule has 1 unspecified atom stereocenters. The number of nitrogens with zero attached hydrogens (tertiary/aromatic N) is 1. The van der Waals surface area contributed by atoms with Gasteiger partial charge in [-0.2, -0.15) is 0 Å². The van der Waals surface area contributed by atoms with E-state index in [0.717, 1.165) is 19.0 Å². The van der Waals surface area contributed by atoms with E-state index in [1.165, 1.54) is 0 Å². The minimum atomic E-state index is -0.664. The first-order chi connectivity index (χ1) is 8.63. The van der Waals surface area contributed by atoms with E-state index >= 15 is 0 Å². The minimum Gasteiger partial charge on any atom is -0.467 e. The van der Waals surface area contributed by atoms with Crippen molar-refractivity contribution in [3.63, 3.8) is 0 Å². The van der Waals surface area contributed by atoms with Crippen molar-refractivity contribution in [2.75, 3.05) is 19.6 Å². The van der Waals surface area contributed by atoms with E-state index in [4.69, 9.17) is 4.42 Å². The van der Waals surface area contributed by atoms with Gasteiger partial charge in [-0.1, -0.05) is 13.8 Å². The van der Waals surface area contributed by atoms with Crippen molar-refractivity contribution in [2.24, 2.45) is 10.9 Å². The van der Waals surface area contributed by atoms with Crippen molar-refractivity contribution in [1.82, 2.24) is 10.6 Å². The average Bonchev–Trinajstić information content (AvgIpc) is 2.86. The van der Waals surface area contributed by atoms with Gasteiger partial charge >= 0.3 is 0 Å². The largest absolute Gasteiger partial charge is 0.467 e. The van der Waals surface area contributed by atoms with Gasteiger partial charge in [0.25, 0.3) is 0 Å². The second-order valence-electron chi connectivity index (χ2n) is 4.53. The summed E-state index contributed by atoms with van der Waals surface area (Å²) in [6, 6.07) is 3.52. The van der Waals surface area contributed by atoms with E-state index < -0.39 is 6.10 Å². The standard InChI is InChI=1S/C13H23N3O2.HI/c1-4-14-13(15-8-10(2)3)16-9-11(17)12-6-5-7-18-12;/h5-7,10-11,17H,4,8-9H2,1-3H3,(H2,14,15,16);1H. The summed E-state index contributed by atoms with van der Waals surface area (Å²) in [7, 11) is 0. The van der Waals surface area contributed by atoms with Crippen LogP contribution in [-0.2, 0) is 0 Å². The highest BCUT2D eigenvalue weighted by Crippen LogP contribution is 2.11. The summed E-state index contributed by atoms with van der Waals surface area (Å²) in [5.41, 5.74) is 0. The third-order valence-corrected chi connectivity index (χ3v) is 2.29. The number of aliphatic imine (C=N–C) groups is 1. The maximum atomic E-state index is 9.86. The summed E-state index contributed by atoms with van der Waals surface area (Å²) in [6.07, 6.45) is 0.888. The summed E-state index contributed by atoms with van der Waals surface area (Å²) in [5, 5.41) is 16.1. The molecule has 1 heterocycles. The van der Waals surface area contributed by atoms with Gasteiger partial charge in [-0.15, -0.1) is 24.0 Å². The Balaban J connectivity index is 0.00000324. The summed E-state index contributed by atoms with van der Waals surface area (Å²) >= 11 is 0. The molecule has 110 valence electrons. The van der Waals surface area contributed by atoms with Gasteiger partial charge in [0.2, 0.25) is 0 Å². The highest BCUT2D eigenvalue weighted by atomic mass is 127. The Morgan fingerprint density at radius 1 is 1.42 bits per heavy atom. The summed E-state index contributed by atoms with van der Waals surface area (Å²) in [6.45, 7) is 8.16. The second kappa shape index (κ2) is 10.1. The highest BCUT2D eigenvalue weighted by Gasteiger charge is 2.10. The monoisotopic (exact) mass is 381 g/mol. The molecule has 0 aliphatic heterocycles. The molecular weight excluding hydrogens is 357 g/mol. The number of hydrogen-bond donors (Lipinski definition) is 3. The maximum absolute atomic E-state index is 9.86. The number of furan rings is 1. The van der Waals surface area contributed by atoms with Crippen LogP contribution >= 0.6 is 24.0 Å². The number of nitrogens with one attached hydrogen (secondary N) is 2. The lowest BCUT2D eigenvalue weighted by atomic mass is 10.2. The van der Waals surface area contributed by atoms with Gasteiger partial charge in [0.15, 0.2) is 5.96 Å². The molecule has 0 aromatic carbocycles. The number of guanidine groups is 1. The second-order valence-corrected chi connectivity index (χ2v) is 4.53. The van der Waals surface area contributed by atoms with Gasteiger partial charge in [-0.3, -0.25) is 4.99 Å². The van der Waals surface area contributed by atoms with Crippen molar-refractivity contribution in [2.45, 2.75) is 26.9 Å². The molecule has 5 nitrogen and oxygen atoms in total. The predicted octanol–water partition coefficient (Wildman–Crippen LogP) is 2.14. The van der Waals surface area contributed by atoms with Gasteiger partial charge in [0.1, 0.15) is 11.9 Å². The van der Waals surface area contributed by atoms with Crippen LogP contribution in [0.3, 0.4) is 0 Å². The van der Waals surface area contributed by atoms with E-state index in [9.17, 15) is 5.11 Å². The fourth-order valence-electron chi connectivity index (χ4n) is 1.39.